The van der Waals surface area contributed by atoms with Crippen LogP contribution in [0.15, 0.2) is 97.3 Å². The number of allylic oxidation sites excluding steroid dienone is 2. The fourth-order valence-electron chi connectivity index (χ4n) is 5.55. The third-order valence-corrected chi connectivity index (χ3v) is 7.94. The molecule has 0 radical (unpaired) electrons. The van der Waals surface area contributed by atoms with Gasteiger partial charge in [0.15, 0.2) is 0 Å². The van der Waals surface area contributed by atoms with E-state index < -0.39 is 0 Å². The fraction of sp³-hybridized carbons (Fsp3) is 0.500. The van der Waals surface area contributed by atoms with Crippen LogP contribution in [0.4, 0.5) is 0 Å². The summed E-state index contributed by atoms with van der Waals surface area (Å²) in [5, 5.41) is 0.364. The third-order valence-electron chi connectivity index (χ3n) is 7.72. The van der Waals surface area contributed by atoms with Crippen molar-refractivity contribution in [2.24, 2.45) is 5.73 Å². The van der Waals surface area contributed by atoms with Crippen LogP contribution < -0.4 is 5.73 Å². The number of aryl methyl sites for hydroxylation is 2. The molecule has 0 spiro atoms. The molecule has 1 fully saturated rings. The van der Waals surface area contributed by atoms with Crippen molar-refractivity contribution < 1.29 is 4.74 Å². The third kappa shape index (κ3) is 15.2. The molecule has 1 unspecified atom stereocenters. The van der Waals surface area contributed by atoms with E-state index >= 15 is 0 Å². The number of halogens is 1. The van der Waals surface area contributed by atoms with Gasteiger partial charge >= 0.3 is 0 Å². The second kappa shape index (κ2) is 27.3. The lowest BCUT2D eigenvalue weighted by molar-refractivity contribution is 0.0891. The van der Waals surface area contributed by atoms with Gasteiger partial charge in [-0.05, 0) is 41.5 Å². The second-order valence-electron chi connectivity index (χ2n) is 10.6. The Morgan fingerprint density at radius 1 is 1.02 bits per heavy atom. The normalized spacial score (nSPS) is 15.3. The maximum atomic E-state index is 6.69. The first-order valence-corrected chi connectivity index (χ1v) is 17.6. The summed E-state index contributed by atoms with van der Waals surface area (Å²) in [6.45, 7) is 29.0. The summed E-state index contributed by atoms with van der Waals surface area (Å²) in [5.41, 5.74) is 13.0. The van der Waals surface area contributed by atoms with Gasteiger partial charge in [-0.3, -0.25) is 9.80 Å². The van der Waals surface area contributed by atoms with Crippen LogP contribution >= 0.6 is 11.6 Å². The molecular weight excluding hydrogens is 588 g/mol. The van der Waals surface area contributed by atoms with Crippen LogP contribution in [0.2, 0.25) is 0 Å². The highest BCUT2D eigenvalue weighted by atomic mass is 35.5. The standard InChI is InChI=1S/C34H49ClN4O.2C2H6.C2H4/c1-5-8-10-19-31-25-37(24-28-15-11-9-12-16-28)20-21-38(31)27-33(34(35)36)39(22-23-40-4)26-32-29(7-3)17-13-18-30(32)14-6-2;3*1-2/h5,9-13,15-19,31H,1,6-8,14,20-27,36H2,2-4H3;2*1-2H3;1-2H2/b19-10?,34-33-;;;. The summed E-state index contributed by atoms with van der Waals surface area (Å²) in [6.07, 6.45) is 10.5. The van der Waals surface area contributed by atoms with Crippen LogP contribution in [-0.4, -0.2) is 67.2 Å². The zero-order valence-corrected chi connectivity index (χ0v) is 31.0. The quantitative estimate of drug-likeness (QED) is 0.145. The number of hydrogen-bond donors (Lipinski definition) is 1. The molecular formula is C40H65ClN4O. The van der Waals surface area contributed by atoms with Gasteiger partial charge in [-0.2, -0.15) is 0 Å². The van der Waals surface area contributed by atoms with Crippen molar-refractivity contribution in [1.82, 2.24) is 14.7 Å². The van der Waals surface area contributed by atoms with Crippen molar-refractivity contribution in [1.29, 1.82) is 0 Å². The van der Waals surface area contributed by atoms with Crippen LogP contribution in [-0.2, 0) is 30.7 Å². The molecule has 1 atom stereocenters. The molecule has 6 heteroatoms. The summed E-state index contributed by atoms with van der Waals surface area (Å²) >= 11 is 6.69. The summed E-state index contributed by atoms with van der Waals surface area (Å²) in [5.74, 6) is 0. The number of hydrogen-bond acceptors (Lipinski definition) is 5. The van der Waals surface area contributed by atoms with E-state index in [0.29, 0.717) is 18.3 Å². The maximum absolute atomic E-state index is 6.69. The lowest BCUT2D eigenvalue weighted by Gasteiger charge is -2.42. The molecule has 0 aromatic heterocycles. The topological polar surface area (TPSA) is 45.0 Å². The van der Waals surface area contributed by atoms with Crippen LogP contribution in [0.3, 0.4) is 0 Å². The maximum Gasteiger partial charge on any atom is 0.120 e. The highest BCUT2D eigenvalue weighted by Crippen LogP contribution is 2.25. The van der Waals surface area contributed by atoms with Crippen molar-refractivity contribution in [3.05, 3.63) is 120 Å². The molecule has 1 aliphatic heterocycles. The number of methoxy groups -OCH3 is 1. The minimum absolute atomic E-state index is 0.256. The average molecular weight is 653 g/mol. The van der Waals surface area contributed by atoms with Crippen molar-refractivity contribution in [2.45, 2.75) is 86.4 Å². The Bertz CT molecular complexity index is 1110. The van der Waals surface area contributed by atoms with E-state index in [1.165, 1.54) is 22.3 Å². The van der Waals surface area contributed by atoms with E-state index in [0.717, 1.165) is 70.6 Å². The molecule has 3 rings (SSSR count). The van der Waals surface area contributed by atoms with Crippen LogP contribution in [0, 0.1) is 0 Å². The minimum Gasteiger partial charge on any atom is -0.388 e. The van der Waals surface area contributed by atoms with Gasteiger partial charge in [0.1, 0.15) is 5.16 Å². The summed E-state index contributed by atoms with van der Waals surface area (Å²) in [7, 11) is 1.75. The van der Waals surface area contributed by atoms with E-state index in [-0.39, 0.29) is 6.04 Å². The Balaban J connectivity index is 0.00000318. The van der Waals surface area contributed by atoms with E-state index in [9.17, 15) is 0 Å². The molecule has 0 bridgehead atoms. The molecule has 2 aromatic rings. The lowest BCUT2D eigenvalue weighted by atomic mass is 9.95. The van der Waals surface area contributed by atoms with Gasteiger partial charge in [-0.25, -0.2) is 0 Å². The van der Waals surface area contributed by atoms with Crippen molar-refractivity contribution >= 4 is 11.6 Å². The lowest BCUT2D eigenvalue weighted by Crippen LogP contribution is -2.53. The van der Waals surface area contributed by atoms with Crippen LogP contribution in [0.5, 0.6) is 0 Å². The van der Waals surface area contributed by atoms with E-state index in [2.05, 4.69) is 109 Å². The second-order valence-corrected chi connectivity index (χ2v) is 11.0. The highest BCUT2D eigenvalue weighted by molar-refractivity contribution is 6.29. The number of benzene rings is 2. The largest absolute Gasteiger partial charge is 0.388 e. The first-order chi connectivity index (χ1) is 22.5. The summed E-state index contributed by atoms with van der Waals surface area (Å²) in [6, 6.07) is 17.7. The van der Waals surface area contributed by atoms with Crippen molar-refractivity contribution in [2.75, 3.05) is 46.4 Å². The minimum atomic E-state index is 0.256. The monoisotopic (exact) mass is 652 g/mol. The first kappa shape index (κ1) is 43.2. The summed E-state index contributed by atoms with van der Waals surface area (Å²) in [4.78, 5) is 7.41. The molecule has 46 heavy (non-hydrogen) atoms. The molecule has 2 N–H and O–H groups in total. The van der Waals surface area contributed by atoms with Crippen molar-refractivity contribution in [3.8, 4) is 0 Å². The Kier molecular flexibility index (Phi) is 25.6. The molecule has 1 heterocycles. The first-order valence-electron chi connectivity index (χ1n) is 17.3. The SMILES string of the molecule is C=C.C=CCC=CC1CN(Cc2ccccc2)CCN1C/C(=C(/N)Cl)N(CCOC)Cc1c(CC)cccc1CCC.CC.CC. The van der Waals surface area contributed by atoms with Gasteiger partial charge in [0.05, 0.1) is 12.3 Å². The number of rotatable bonds is 16. The van der Waals surface area contributed by atoms with Gasteiger partial charge < -0.3 is 15.4 Å². The smallest absolute Gasteiger partial charge is 0.120 e. The van der Waals surface area contributed by atoms with Gasteiger partial charge in [0.25, 0.3) is 0 Å². The van der Waals surface area contributed by atoms with Crippen LogP contribution in [0.1, 0.15) is 76.6 Å². The molecule has 0 saturated carbocycles. The zero-order valence-electron chi connectivity index (χ0n) is 30.2. The van der Waals surface area contributed by atoms with E-state index in [1.807, 2.05) is 33.8 Å². The molecule has 258 valence electrons. The van der Waals surface area contributed by atoms with E-state index in [1.54, 1.807) is 7.11 Å². The number of ether oxygens (including phenoxy) is 1. The predicted molar refractivity (Wildman–Crippen MR) is 204 cm³/mol. The molecule has 1 saturated heterocycles. The molecule has 0 amide bonds. The van der Waals surface area contributed by atoms with Crippen molar-refractivity contribution in [3.63, 3.8) is 0 Å². The molecule has 5 nitrogen and oxygen atoms in total. The molecule has 2 aromatic carbocycles. The fourth-order valence-corrected chi connectivity index (χ4v) is 5.73. The number of piperazine rings is 1. The molecule has 0 aliphatic carbocycles. The predicted octanol–water partition coefficient (Wildman–Crippen LogP) is 9.19. The van der Waals surface area contributed by atoms with Gasteiger partial charge in [0, 0.05) is 59.0 Å². The Labute approximate surface area is 288 Å². The molecule has 1 aliphatic rings. The number of nitrogens with zero attached hydrogens (tertiary/aromatic N) is 3. The zero-order chi connectivity index (χ0) is 34.7. The van der Waals surface area contributed by atoms with Crippen LogP contribution in [0.25, 0.3) is 0 Å². The summed E-state index contributed by atoms with van der Waals surface area (Å²) < 4.78 is 5.53. The Morgan fingerprint density at radius 2 is 1.70 bits per heavy atom. The average Bonchev–Trinajstić information content (AvgIpc) is 3.10. The van der Waals surface area contributed by atoms with Gasteiger partial charge in [-0.1, -0.05) is 126 Å². The van der Waals surface area contributed by atoms with E-state index in [4.69, 9.17) is 22.1 Å². The Morgan fingerprint density at radius 3 is 2.28 bits per heavy atom. The Hall–Kier alpha value is -2.83. The van der Waals surface area contributed by atoms with Gasteiger partial charge in [-0.15, -0.1) is 19.7 Å². The highest BCUT2D eigenvalue weighted by Gasteiger charge is 2.28. The number of nitrogens with two attached hydrogens (primary N) is 1. The van der Waals surface area contributed by atoms with Gasteiger partial charge in [0.2, 0.25) is 0 Å².